The van der Waals surface area contributed by atoms with Gasteiger partial charge in [-0.05, 0) is 66.7 Å². The largest absolute Gasteiger partial charge is 0.378 e. The van der Waals surface area contributed by atoms with Gasteiger partial charge in [0.25, 0.3) is 5.91 Å². The third kappa shape index (κ3) is 4.55. The van der Waals surface area contributed by atoms with Gasteiger partial charge in [0.1, 0.15) is 0 Å². The number of pyridine rings is 1. The van der Waals surface area contributed by atoms with E-state index in [4.69, 9.17) is 4.74 Å². The third-order valence-corrected chi connectivity index (χ3v) is 5.52. The molecule has 160 valence electrons. The van der Waals surface area contributed by atoms with E-state index in [0.29, 0.717) is 5.56 Å². The Hall–Kier alpha value is -3.90. The number of morpholine rings is 1. The third-order valence-electron chi connectivity index (χ3n) is 5.52. The minimum absolute atomic E-state index is 0.143. The average Bonchev–Trinajstić information content (AvgIpc) is 2.85. The van der Waals surface area contributed by atoms with E-state index in [9.17, 15) is 4.79 Å². The van der Waals surface area contributed by atoms with E-state index in [-0.39, 0.29) is 5.91 Å². The zero-order valence-electron chi connectivity index (χ0n) is 17.6. The van der Waals surface area contributed by atoms with Gasteiger partial charge in [0.2, 0.25) is 0 Å². The van der Waals surface area contributed by atoms with Crippen LogP contribution in [0.2, 0.25) is 0 Å². The van der Waals surface area contributed by atoms with Crippen LogP contribution in [0, 0.1) is 0 Å². The summed E-state index contributed by atoms with van der Waals surface area (Å²) in [7, 11) is 0. The van der Waals surface area contributed by atoms with Crippen molar-refractivity contribution >= 4 is 39.6 Å². The zero-order valence-corrected chi connectivity index (χ0v) is 17.6. The summed E-state index contributed by atoms with van der Waals surface area (Å²) in [6.07, 6.45) is 1.79. The molecule has 1 aliphatic rings. The maximum absolute atomic E-state index is 12.8. The number of anilines is 4. The van der Waals surface area contributed by atoms with Crippen LogP contribution in [0.4, 0.5) is 22.7 Å². The van der Waals surface area contributed by atoms with Gasteiger partial charge in [-0.1, -0.05) is 12.1 Å². The Labute approximate surface area is 186 Å². The molecule has 3 aromatic carbocycles. The van der Waals surface area contributed by atoms with Gasteiger partial charge in [0, 0.05) is 53.0 Å². The van der Waals surface area contributed by atoms with Gasteiger partial charge in [-0.25, -0.2) is 0 Å². The highest BCUT2D eigenvalue weighted by Crippen LogP contribution is 2.23. The van der Waals surface area contributed by atoms with Gasteiger partial charge < -0.3 is 20.3 Å². The lowest BCUT2D eigenvalue weighted by Crippen LogP contribution is -2.36. The second-order valence-corrected chi connectivity index (χ2v) is 7.72. The van der Waals surface area contributed by atoms with E-state index in [1.807, 2.05) is 78.9 Å². The summed E-state index contributed by atoms with van der Waals surface area (Å²) in [5, 5.41) is 7.42. The number of fused-ring (bicyclic) bond motifs is 1. The minimum Gasteiger partial charge on any atom is -0.378 e. The second kappa shape index (κ2) is 9.08. The zero-order chi connectivity index (χ0) is 21.8. The molecule has 0 atom stereocenters. The smallest absolute Gasteiger partial charge is 0.255 e. The molecule has 4 aromatic rings. The van der Waals surface area contributed by atoms with Crippen LogP contribution in [-0.4, -0.2) is 37.2 Å². The molecular formula is C26H24N4O2. The van der Waals surface area contributed by atoms with Crippen LogP contribution in [0.15, 0.2) is 85.1 Å². The van der Waals surface area contributed by atoms with Crippen molar-refractivity contribution in [1.82, 2.24) is 4.98 Å². The summed E-state index contributed by atoms with van der Waals surface area (Å²) in [6, 6.07) is 25.4. The monoisotopic (exact) mass is 424 g/mol. The Kier molecular flexibility index (Phi) is 5.68. The van der Waals surface area contributed by atoms with Gasteiger partial charge in [-0.3, -0.25) is 9.78 Å². The molecule has 2 N–H and O–H groups in total. The number of ether oxygens (including phenoxy) is 1. The standard InChI is InChI=1S/C26H24N4O2/c31-26(29-21-6-9-24(10-7-21)30-13-15-32-16-14-30)20-3-1-5-22(18-20)28-23-8-11-25-19(17-23)4-2-12-27-25/h1-12,17-18,28H,13-16H2,(H,29,31). The molecule has 0 unspecified atom stereocenters. The maximum Gasteiger partial charge on any atom is 0.255 e. The first kappa shape index (κ1) is 20.0. The minimum atomic E-state index is -0.143. The predicted octanol–water partition coefficient (Wildman–Crippen LogP) is 5.07. The Bertz CT molecular complexity index is 1230. The fourth-order valence-electron chi connectivity index (χ4n) is 3.84. The molecule has 1 aliphatic heterocycles. The first-order valence-corrected chi connectivity index (χ1v) is 10.7. The molecule has 6 nitrogen and oxygen atoms in total. The van der Waals surface area contributed by atoms with Gasteiger partial charge >= 0.3 is 0 Å². The molecule has 0 radical (unpaired) electrons. The van der Waals surface area contributed by atoms with Crippen LogP contribution < -0.4 is 15.5 Å². The summed E-state index contributed by atoms with van der Waals surface area (Å²) in [5.41, 5.74) is 5.25. The second-order valence-electron chi connectivity index (χ2n) is 7.72. The number of rotatable bonds is 5. The number of nitrogens with zero attached hydrogens (tertiary/aromatic N) is 2. The maximum atomic E-state index is 12.8. The average molecular weight is 425 g/mol. The molecule has 2 heterocycles. The molecule has 1 fully saturated rings. The van der Waals surface area contributed by atoms with Crippen molar-refractivity contribution in [3.63, 3.8) is 0 Å². The lowest BCUT2D eigenvalue weighted by Gasteiger charge is -2.28. The van der Waals surface area contributed by atoms with Crippen molar-refractivity contribution < 1.29 is 9.53 Å². The van der Waals surface area contributed by atoms with Crippen LogP contribution in [0.3, 0.4) is 0 Å². The molecule has 0 saturated carbocycles. The van der Waals surface area contributed by atoms with Gasteiger partial charge in [-0.2, -0.15) is 0 Å². The van der Waals surface area contributed by atoms with Gasteiger partial charge in [0.05, 0.1) is 18.7 Å². The number of carbonyl (C=O) groups excluding carboxylic acids is 1. The van der Waals surface area contributed by atoms with E-state index >= 15 is 0 Å². The summed E-state index contributed by atoms with van der Waals surface area (Å²) >= 11 is 0. The fourth-order valence-corrected chi connectivity index (χ4v) is 3.84. The number of aromatic nitrogens is 1. The molecule has 6 heteroatoms. The number of benzene rings is 3. The highest BCUT2D eigenvalue weighted by atomic mass is 16.5. The molecule has 5 rings (SSSR count). The molecule has 0 bridgehead atoms. The van der Waals surface area contributed by atoms with Crippen molar-refractivity contribution in [2.45, 2.75) is 0 Å². The number of amides is 1. The first-order chi connectivity index (χ1) is 15.7. The van der Waals surface area contributed by atoms with Crippen molar-refractivity contribution in [2.24, 2.45) is 0 Å². The summed E-state index contributed by atoms with van der Waals surface area (Å²) < 4.78 is 5.41. The topological polar surface area (TPSA) is 66.5 Å². The molecule has 0 spiro atoms. The van der Waals surface area contributed by atoms with Gasteiger partial charge in [0.15, 0.2) is 0 Å². The van der Waals surface area contributed by atoms with Crippen molar-refractivity contribution in [2.75, 3.05) is 41.8 Å². The quantitative estimate of drug-likeness (QED) is 0.468. The first-order valence-electron chi connectivity index (χ1n) is 10.7. The Morgan fingerprint density at radius 2 is 1.62 bits per heavy atom. The molecule has 1 amide bonds. The normalized spacial score (nSPS) is 13.7. The molecular weight excluding hydrogens is 400 g/mol. The molecule has 32 heavy (non-hydrogen) atoms. The van der Waals surface area contributed by atoms with Crippen LogP contribution in [0.5, 0.6) is 0 Å². The highest BCUT2D eigenvalue weighted by Gasteiger charge is 2.12. The SMILES string of the molecule is O=C(Nc1ccc(N2CCOCC2)cc1)c1cccc(Nc2ccc3ncccc3c2)c1. The lowest BCUT2D eigenvalue weighted by molar-refractivity contribution is 0.102. The van der Waals surface area contributed by atoms with Crippen molar-refractivity contribution in [1.29, 1.82) is 0 Å². The summed E-state index contributed by atoms with van der Waals surface area (Å²) in [4.78, 5) is 19.4. The van der Waals surface area contributed by atoms with Crippen LogP contribution in [0.25, 0.3) is 10.9 Å². The van der Waals surface area contributed by atoms with E-state index in [0.717, 1.165) is 60.0 Å². The molecule has 0 aliphatic carbocycles. The van der Waals surface area contributed by atoms with E-state index in [2.05, 4.69) is 20.5 Å². The van der Waals surface area contributed by atoms with E-state index < -0.39 is 0 Å². The lowest BCUT2D eigenvalue weighted by atomic mass is 10.1. The highest BCUT2D eigenvalue weighted by molar-refractivity contribution is 6.05. The number of carbonyl (C=O) groups is 1. The van der Waals surface area contributed by atoms with Crippen LogP contribution in [0.1, 0.15) is 10.4 Å². The van der Waals surface area contributed by atoms with E-state index in [1.54, 1.807) is 6.20 Å². The summed E-state index contributed by atoms with van der Waals surface area (Å²) in [6.45, 7) is 3.27. The fraction of sp³-hybridized carbons (Fsp3) is 0.154. The van der Waals surface area contributed by atoms with Crippen LogP contribution >= 0.6 is 0 Å². The Balaban J connectivity index is 1.26. The van der Waals surface area contributed by atoms with Crippen molar-refractivity contribution in [3.8, 4) is 0 Å². The van der Waals surface area contributed by atoms with E-state index in [1.165, 1.54) is 0 Å². The Morgan fingerprint density at radius 3 is 2.47 bits per heavy atom. The number of hydrogen-bond acceptors (Lipinski definition) is 5. The number of nitrogens with one attached hydrogen (secondary N) is 2. The van der Waals surface area contributed by atoms with Crippen LogP contribution in [-0.2, 0) is 4.74 Å². The van der Waals surface area contributed by atoms with Crippen molar-refractivity contribution in [3.05, 3.63) is 90.6 Å². The predicted molar refractivity (Wildman–Crippen MR) is 129 cm³/mol. The Morgan fingerprint density at radius 1 is 0.844 bits per heavy atom. The summed E-state index contributed by atoms with van der Waals surface area (Å²) in [5.74, 6) is -0.143. The van der Waals surface area contributed by atoms with Gasteiger partial charge in [-0.15, -0.1) is 0 Å². The molecule has 1 aromatic heterocycles. The molecule has 1 saturated heterocycles. The number of hydrogen-bond donors (Lipinski definition) is 2.